The molecule has 0 atom stereocenters. The van der Waals surface area contributed by atoms with E-state index in [1.807, 2.05) is 6.92 Å². The lowest BCUT2D eigenvalue weighted by Gasteiger charge is -1.99. The van der Waals surface area contributed by atoms with E-state index in [2.05, 4.69) is 4.98 Å². The SMILES string of the molecule is CCc1ccnc(=O)n1O. The van der Waals surface area contributed by atoms with Crippen molar-refractivity contribution in [3.63, 3.8) is 0 Å². The van der Waals surface area contributed by atoms with Crippen LogP contribution in [0.2, 0.25) is 0 Å². The molecule has 4 heteroatoms. The van der Waals surface area contributed by atoms with E-state index < -0.39 is 5.69 Å². The van der Waals surface area contributed by atoms with Crippen LogP contribution in [0.15, 0.2) is 17.1 Å². The minimum Gasteiger partial charge on any atom is -0.424 e. The van der Waals surface area contributed by atoms with Crippen molar-refractivity contribution in [1.82, 2.24) is 9.71 Å². The molecule has 1 aromatic heterocycles. The van der Waals surface area contributed by atoms with Gasteiger partial charge in [0.25, 0.3) is 0 Å². The molecule has 0 aliphatic carbocycles. The highest BCUT2D eigenvalue weighted by Crippen LogP contribution is 1.90. The Hall–Kier alpha value is -1.32. The highest BCUT2D eigenvalue weighted by atomic mass is 16.5. The fourth-order valence-electron chi connectivity index (χ4n) is 0.703. The Morgan fingerprint density at radius 1 is 1.80 bits per heavy atom. The maximum atomic E-state index is 10.6. The minimum atomic E-state index is -0.626. The van der Waals surface area contributed by atoms with Crippen molar-refractivity contribution in [2.75, 3.05) is 0 Å². The van der Waals surface area contributed by atoms with Crippen molar-refractivity contribution < 1.29 is 5.21 Å². The smallest absolute Gasteiger partial charge is 0.380 e. The van der Waals surface area contributed by atoms with Gasteiger partial charge in [-0.1, -0.05) is 6.92 Å². The number of aromatic nitrogens is 2. The molecule has 0 saturated heterocycles. The molecule has 0 spiro atoms. The topological polar surface area (TPSA) is 55.1 Å². The lowest BCUT2D eigenvalue weighted by atomic mass is 10.3. The zero-order valence-electron chi connectivity index (χ0n) is 5.61. The van der Waals surface area contributed by atoms with Gasteiger partial charge in [0.15, 0.2) is 0 Å². The normalized spacial score (nSPS) is 9.70. The second kappa shape index (κ2) is 2.51. The lowest BCUT2D eigenvalue weighted by Crippen LogP contribution is -2.22. The lowest BCUT2D eigenvalue weighted by molar-refractivity contribution is 0.161. The Bertz CT molecular complexity index is 279. The summed E-state index contributed by atoms with van der Waals surface area (Å²) in [6.45, 7) is 1.85. The molecule has 0 fully saturated rings. The van der Waals surface area contributed by atoms with Crippen molar-refractivity contribution in [1.29, 1.82) is 0 Å². The summed E-state index contributed by atoms with van der Waals surface area (Å²) >= 11 is 0. The molecule has 54 valence electrons. The molecule has 0 aliphatic rings. The van der Waals surface area contributed by atoms with Crippen LogP contribution in [0.25, 0.3) is 0 Å². The summed E-state index contributed by atoms with van der Waals surface area (Å²) < 4.78 is 0.556. The largest absolute Gasteiger partial charge is 0.424 e. The Labute approximate surface area is 57.7 Å². The van der Waals surface area contributed by atoms with E-state index in [4.69, 9.17) is 5.21 Å². The molecule has 1 N–H and O–H groups in total. The van der Waals surface area contributed by atoms with Gasteiger partial charge in [0, 0.05) is 6.20 Å². The highest BCUT2D eigenvalue weighted by Gasteiger charge is 1.97. The Kier molecular flexibility index (Phi) is 1.71. The first-order valence-corrected chi connectivity index (χ1v) is 3.02. The molecule has 0 saturated carbocycles. The van der Waals surface area contributed by atoms with Gasteiger partial charge in [-0.15, -0.1) is 4.73 Å². The highest BCUT2D eigenvalue weighted by molar-refractivity contribution is 4.98. The molecule has 0 aromatic carbocycles. The third-order valence-electron chi connectivity index (χ3n) is 1.27. The standard InChI is InChI=1S/C6H8N2O2/c1-2-5-3-4-7-6(9)8(5)10/h3-4,10H,2H2,1H3. The molecular weight excluding hydrogens is 132 g/mol. The fourth-order valence-corrected chi connectivity index (χ4v) is 0.703. The molecule has 10 heavy (non-hydrogen) atoms. The average Bonchev–Trinajstić information content (AvgIpc) is 1.95. The summed E-state index contributed by atoms with van der Waals surface area (Å²) in [5.74, 6) is 0. The van der Waals surface area contributed by atoms with E-state index in [1.165, 1.54) is 6.20 Å². The van der Waals surface area contributed by atoms with E-state index in [0.717, 1.165) is 0 Å². The van der Waals surface area contributed by atoms with E-state index in [1.54, 1.807) is 6.07 Å². The van der Waals surface area contributed by atoms with E-state index in [9.17, 15) is 4.79 Å². The van der Waals surface area contributed by atoms with E-state index >= 15 is 0 Å². The van der Waals surface area contributed by atoms with Crippen molar-refractivity contribution in [3.05, 3.63) is 28.4 Å². The van der Waals surface area contributed by atoms with Crippen LogP contribution in [-0.4, -0.2) is 14.9 Å². The summed E-state index contributed by atoms with van der Waals surface area (Å²) in [5.41, 5.74) is -0.0562. The Morgan fingerprint density at radius 2 is 2.50 bits per heavy atom. The molecule has 1 rings (SSSR count). The monoisotopic (exact) mass is 140 g/mol. The van der Waals surface area contributed by atoms with Gasteiger partial charge < -0.3 is 5.21 Å². The summed E-state index contributed by atoms with van der Waals surface area (Å²) in [5, 5.41) is 8.94. The maximum Gasteiger partial charge on any atom is 0.380 e. The number of hydrogen-bond donors (Lipinski definition) is 1. The van der Waals surface area contributed by atoms with Crippen molar-refractivity contribution >= 4 is 0 Å². The van der Waals surface area contributed by atoms with Gasteiger partial charge in [0.1, 0.15) is 0 Å². The quantitative estimate of drug-likeness (QED) is 0.560. The Balaban J connectivity index is 3.28. The summed E-state index contributed by atoms with van der Waals surface area (Å²) in [6, 6.07) is 1.60. The molecule has 1 aromatic rings. The molecular formula is C6H8N2O2. The van der Waals surface area contributed by atoms with Crippen molar-refractivity contribution in [3.8, 4) is 0 Å². The van der Waals surface area contributed by atoms with Crippen LogP contribution in [0.1, 0.15) is 12.6 Å². The molecule has 4 nitrogen and oxygen atoms in total. The second-order valence-corrected chi connectivity index (χ2v) is 1.88. The number of rotatable bonds is 1. The van der Waals surface area contributed by atoms with Crippen LogP contribution in [0.5, 0.6) is 0 Å². The molecule has 0 aliphatic heterocycles. The third kappa shape index (κ3) is 1.00. The first-order valence-electron chi connectivity index (χ1n) is 3.02. The molecule has 0 radical (unpaired) electrons. The summed E-state index contributed by atoms with van der Waals surface area (Å²) in [4.78, 5) is 13.9. The van der Waals surface area contributed by atoms with Gasteiger partial charge in [-0.3, -0.25) is 0 Å². The van der Waals surface area contributed by atoms with Crippen molar-refractivity contribution in [2.24, 2.45) is 0 Å². The molecule has 0 unspecified atom stereocenters. The van der Waals surface area contributed by atoms with Crippen LogP contribution in [0.4, 0.5) is 0 Å². The fraction of sp³-hybridized carbons (Fsp3) is 0.333. The van der Waals surface area contributed by atoms with Gasteiger partial charge in [0.2, 0.25) is 0 Å². The van der Waals surface area contributed by atoms with Gasteiger partial charge in [-0.2, -0.15) is 4.98 Å². The van der Waals surface area contributed by atoms with E-state index in [-0.39, 0.29) is 0 Å². The number of hydrogen-bond acceptors (Lipinski definition) is 3. The van der Waals surface area contributed by atoms with E-state index in [0.29, 0.717) is 16.8 Å². The summed E-state index contributed by atoms with van der Waals surface area (Å²) in [6.07, 6.45) is 2.00. The van der Waals surface area contributed by atoms with Gasteiger partial charge in [0.05, 0.1) is 5.69 Å². The van der Waals surface area contributed by atoms with Gasteiger partial charge >= 0.3 is 5.69 Å². The van der Waals surface area contributed by atoms with Gasteiger partial charge in [-0.05, 0) is 12.5 Å². The van der Waals surface area contributed by atoms with Crippen LogP contribution < -0.4 is 5.69 Å². The maximum absolute atomic E-state index is 10.6. The third-order valence-corrected chi connectivity index (χ3v) is 1.27. The minimum absolute atomic E-state index is 0.556. The predicted octanol–water partition coefficient (Wildman–Crippen LogP) is 0.0430. The zero-order chi connectivity index (χ0) is 7.56. The molecule has 1 heterocycles. The van der Waals surface area contributed by atoms with Crippen LogP contribution in [0, 0.1) is 0 Å². The first-order chi connectivity index (χ1) is 4.75. The van der Waals surface area contributed by atoms with Gasteiger partial charge in [-0.25, -0.2) is 4.79 Å². The van der Waals surface area contributed by atoms with Crippen molar-refractivity contribution in [2.45, 2.75) is 13.3 Å². The first kappa shape index (κ1) is 6.80. The number of nitrogens with zero attached hydrogens (tertiary/aromatic N) is 2. The summed E-state index contributed by atoms with van der Waals surface area (Å²) in [7, 11) is 0. The predicted molar refractivity (Wildman–Crippen MR) is 35.1 cm³/mol. The van der Waals surface area contributed by atoms with Crippen LogP contribution in [-0.2, 0) is 6.42 Å². The molecule has 0 amide bonds. The van der Waals surface area contributed by atoms with Crippen LogP contribution in [0.3, 0.4) is 0 Å². The zero-order valence-corrected chi connectivity index (χ0v) is 5.61. The Morgan fingerprint density at radius 3 is 3.00 bits per heavy atom. The molecule has 0 bridgehead atoms. The second-order valence-electron chi connectivity index (χ2n) is 1.88. The van der Waals surface area contributed by atoms with Crippen LogP contribution >= 0.6 is 0 Å². The number of aryl methyl sites for hydroxylation is 1. The average molecular weight is 140 g/mol.